The van der Waals surface area contributed by atoms with Crippen LogP contribution in [0.1, 0.15) is 50.6 Å². The summed E-state index contributed by atoms with van der Waals surface area (Å²) in [6.07, 6.45) is 7.53. The Morgan fingerprint density at radius 3 is 2.50 bits per heavy atom. The van der Waals surface area contributed by atoms with Crippen molar-refractivity contribution in [2.75, 3.05) is 5.32 Å². The first-order chi connectivity index (χ1) is 14.2. The van der Waals surface area contributed by atoms with Crippen LogP contribution in [0.3, 0.4) is 0 Å². The zero-order valence-corrected chi connectivity index (χ0v) is 17.5. The summed E-state index contributed by atoms with van der Waals surface area (Å²) in [6, 6.07) is 6.18. The van der Waals surface area contributed by atoms with Gasteiger partial charge in [-0.2, -0.15) is 0 Å². The lowest BCUT2D eigenvalue weighted by molar-refractivity contribution is 0.0904. The van der Waals surface area contributed by atoms with Crippen LogP contribution in [-0.4, -0.2) is 36.1 Å². The van der Waals surface area contributed by atoms with Gasteiger partial charge in [-0.25, -0.2) is 23.3 Å². The topological polar surface area (TPSA) is 136 Å². The van der Waals surface area contributed by atoms with E-state index in [0.717, 1.165) is 37.8 Å². The second-order valence-electron chi connectivity index (χ2n) is 8.21. The van der Waals surface area contributed by atoms with Gasteiger partial charge in [0.2, 0.25) is 10.0 Å². The van der Waals surface area contributed by atoms with Gasteiger partial charge < -0.3 is 15.4 Å². The Bertz CT molecular complexity index is 1020. The predicted molar refractivity (Wildman–Crippen MR) is 111 cm³/mol. The molecule has 1 heterocycles. The van der Waals surface area contributed by atoms with Crippen LogP contribution in [0, 0.1) is 0 Å². The second-order valence-corrected chi connectivity index (χ2v) is 9.77. The smallest absolute Gasteiger partial charge is 0.407 e. The molecule has 0 radical (unpaired) electrons. The Hall–Kier alpha value is -2.72. The number of benzene rings is 1. The predicted octanol–water partition coefficient (Wildman–Crippen LogP) is 2.78. The van der Waals surface area contributed by atoms with Gasteiger partial charge in [0.1, 0.15) is 11.4 Å². The summed E-state index contributed by atoms with van der Waals surface area (Å²) in [6.45, 7) is 1.95. The van der Waals surface area contributed by atoms with E-state index >= 15 is 0 Å². The fraction of sp³-hybridized carbons (Fsp3) is 0.450. The second kappa shape index (κ2) is 7.84. The Morgan fingerprint density at radius 2 is 1.90 bits per heavy atom. The molecular formula is C20H25N5O4S. The number of ether oxygens (including phenoxy) is 1. The molecule has 2 aliphatic carbocycles. The molecule has 2 atom stereocenters. The molecule has 1 aromatic carbocycles. The Kier molecular flexibility index (Phi) is 5.37. The van der Waals surface area contributed by atoms with Crippen molar-refractivity contribution in [3.63, 3.8) is 0 Å². The van der Waals surface area contributed by atoms with Crippen molar-refractivity contribution in [3.8, 4) is 0 Å². The number of nitrogens with one attached hydrogen (secondary N) is 2. The van der Waals surface area contributed by atoms with Crippen LogP contribution >= 0.6 is 0 Å². The lowest BCUT2D eigenvalue weighted by Crippen LogP contribution is -2.35. The minimum atomic E-state index is -3.72. The van der Waals surface area contributed by atoms with Crippen LogP contribution in [0.5, 0.6) is 0 Å². The van der Waals surface area contributed by atoms with Crippen LogP contribution in [-0.2, 0) is 14.8 Å². The highest BCUT2D eigenvalue weighted by atomic mass is 32.2. The van der Waals surface area contributed by atoms with Gasteiger partial charge in [-0.05, 0) is 63.3 Å². The average Bonchev–Trinajstić information content (AvgIpc) is 3.22. The Morgan fingerprint density at radius 1 is 1.17 bits per heavy atom. The van der Waals surface area contributed by atoms with Gasteiger partial charge in [0.15, 0.2) is 0 Å². The van der Waals surface area contributed by atoms with Gasteiger partial charge in [-0.1, -0.05) is 0 Å². The number of aromatic nitrogens is 2. The molecule has 2 saturated carbocycles. The maximum atomic E-state index is 12.0. The zero-order valence-electron chi connectivity index (χ0n) is 16.7. The van der Waals surface area contributed by atoms with Gasteiger partial charge >= 0.3 is 6.09 Å². The highest BCUT2D eigenvalue weighted by molar-refractivity contribution is 7.89. The number of amides is 1. The van der Waals surface area contributed by atoms with Crippen LogP contribution in [0.4, 0.5) is 16.3 Å². The molecule has 0 spiro atoms. The number of rotatable bonds is 6. The summed E-state index contributed by atoms with van der Waals surface area (Å²) in [5.41, 5.74) is 1.30. The summed E-state index contributed by atoms with van der Waals surface area (Å²) in [4.78, 5) is 20.9. The molecule has 4 N–H and O–H groups in total. The molecule has 0 saturated heterocycles. The van der Waals surface area contributed by atoms with Crippen molar-refractivity contribution in [2.24, 2.45) is 5.14 Å². The number of nitrogens with zero attached hydrogens (tertiary/aromatic N) is 2. The van der Waals surface area contributed by atoms with E-state index in [-0.39, 0.29) is 28.5 Å². The summed E-state index contributed by atoms with van der Waals surface area (Å²) < 4.78 is 28.1. The lowest BCUT2D eigenvalue weighted by atomic mass is 10.0. The normalized spacial score (nSPS) is 22.3. The summed E-state index contributed by atoms with van der Waals surface area (Å²) in [7, 11) is -3.72. The van der Waals surface area contributed by atoms with Crippen molar-refractivity contribution in [1.82, 2.24) is 15.3 Å². The molecule has 0 bridgehead atoms. The van der Waals surface area contributed by atoms with E-state index in [1.807, 2.05) is 6.92 Å². The van der Waals surface area contributed by atoms with E-state index in [2.05, 4.69) is 20.6 Å². The summed E-state index contributed by atoms with van der Waals surface area (Å²) in [5.74, 6) is 0.790. The molecule has 1 amide bonds. The first-order valence-electron chi connectivity index (χ1n) is 9.92. The number of carbonyl (C=O) groups is 1. The third-order valence-corrected chi connectivity index (χ3v) is 6.52. The fourth-order valence-electron chi connectivity index (χ4n) is 3.57. The Labute approximate surface area is 175 Å². The number of nitrogens with two attached hydrogens (primary N) is 1. The summed E-state index contributed by atoms with van der Waals surface area (Å²) >= 11 is 0. The van der Waals surface area contributed by atoms with Crippen LogP contribution in [0.2, 0.25) is 0 Å². The maximum absolute atomic E-state index is 12.0. The Balaban J connectivity index is 1.31. The van der Waals surface area contributed by atoms with E-state index in [1.165, 1.54) is 12.1 Å². The molecule has 30 heavy (non-hydrogen) atoms. The van der Waals surface area contributed by atoms with E-state index in [9.17, 15) is 13.2 Å². The molecular weight excluding hydrogens is 406 g/mol. The first-order valence-corrected chi connectivity index (χ1v) is 11.5. The minimum Gasteiger partial charge on any atom is -0.443 e. The lowest BCUT2D eigenvalue weighted by Gasteiger charge is -2.16. The van der Waals surface area contributed by atoms with Crippen LogP contribution < -0.4 is 15.8 Å². The molecule has 2 fully saturated rings. The molecule has 160 valence electrons. The van der Waals surface area contributed by atoms with E-state index in [0.29, 0.717) is 11.5 Å². The van der Waals surface area contributed by atoms with Gasteiger partial charge in [0, 0.05) is 17.6 Å². The number of hydrogen-bond donors (Lipinski definition) is 3. The van der Waals surface area contributed by atoms with Crippen molar-refractivity contribution >= 4 is 27.6 Å². The number of carbonyl (C=O) groups excluding carboxylic acids is 1. The summed E-state index contributed by atoms with van der Waals surface area (Å²) in [5, 5.41) is 11.1. The van der Waals surface area contributed by atoms with Gasteiger partial charge in [-0.15, -0.1) is 0 Å². The molecule has 10 heteroatoms. The van der Waals surface area contributed by atoms with E-state index < -0.39 is 10.0 Å². The van der Waals surface area contributed by atoms with Crippen molar-refractivity contribution in [1.29, 1.82) is 0 Å². The quantitative estimate of drug-likeness (QED) is 0.640. The highest BCUT2D eigenvalue weighted by Crippen LogP contribution is 2.39. The zero-order chi connectivity index (χ0) is 21.4. The number of sulfonamides is 1. The van der Waals surface area contributed by atoms with Crippen molar-refractivity contribution in [3.05, 3.63) is 42.4 Å². The molecule has 1 aromatic heterocycles. The fourth-order valence-corrected chi connectivity index (χ4v) is 4.08. The highest BCUT2D eigenvalue weighted by Gasteiger charge is 2.42. The maximum Gasteiger partial charge on any atom is 0.407 e. The number of primary sulfonamides is 1. The molecule has 9 nitrogen and oxygen atoms in total. The third-order valence-electron chi connectivity index (χ3n) is 5.59. The molecule has 2 unspecified atom stereocenters. The van der Waals surface area contributed by atoms with Crippen LogP contribution in [0.15, 0.2) is 41.6 Å². The van der Waals surface area contributed by atoms with E-state index in [4.69, 9.17) is 9.88 Å². The van der Waals surface area contributed by atoms with Gasteiger partial charge in [-0.3, -0.25) is 4.98 Å². The number of alkyl carbamates (subject to hydrolysis) is 1. The molecule has 4 rings (SSSR count). The van der Waals surface area contributed by atoms with E-state index in [1.54, 1.807) is 24.5 Å². The SMILES string of the molecule is CC1(OC(=O)NC2CCC(c3cnc(Nc4ccc(S(N)(=O)=O)cc4)cn3)C2)CC1. The number of hydrogen-bond acceptors (Lipinski definition) is 7. The van der Waals surface area contributed by atoms with Crippen LogP contribution in [0.25, 0.3) is 0 Å². The first kappa shape index (κ1) is 20.5. The van der Waals surface area contributed by atoms with Crippen molar-refractivity contribution < 1.29 is 17.9 Å². The van der Waals surface area contributed by atoms with Gasteiger partial charge in [0.05, 0.1) is 23.0 Å². The average molecular weight is 432 g/mol. The molecule has 0 aliphatic heterocycles. The third kappa shape index (κ3) is 5.06. The van der Waals surface area contributed by atoms with Gasteiger partial charge in [0.25, 0.3) is 0 Å². The molecule has 2 aliphatic rings. The standard InChI is InChI=1S/C20H25N5O4S/c1-20(8-9-20)29-19(26)25-15-3-2-13(10-15)17-11-23-18(12-22-17)24-14-4-6-16(7-5-14)30(21,27)28/h4-7,11-13,15H,2-3,8-10H2,1H3,(H,23,24)(H,25,26)(H2,21,27,28). The largest absolute Gasteiger partial charge is 0.443 e. The molecule has 2 aromatic rings. The number of anilines is 2. The van der Waals surface area contributed by atoms with Crippen molar-refractivity contribution in [2.45, 2.75) is 61.5 Å². The minimum absolute atomic E-state index is 0.0500. The monoisotopic (exact) mass is 431 g/mol.